The van der Waals surface area contributed by atoms with Gasteiger partial charge in [0.15, 0.2) is 0 Å². The van der Waals surface area contributed by atoms with E-state index in [1.165, 1.54) is 12.3 Å². The monoisotopic (exact) mass is 292 g/mol. The van der Waals surface area contributed by atoms with Crippen LogP contribution in [0.4, 0.5) is 4.39 Å². The first-order chi connectivity index (χ1) is 10.0. The molecule has 0 radical (unpaired) electrons. The molecular formula is C16H21FN2O2. The Morgan fingerprint density at radius 2 is 2.33 bits per heavy atom. The van der Waals surface area contributed by atoms with Crippen LogP contribution in [0.15, 0.2) is 18.5 Å². The van der Waals surface area contributed by atoms with Gasteiger partial charge in [0.25, 0.3) is 5.91 Å². The molecule has 4 nitrogen and oxygen atoms in total. The predicted molar refractivity (Wildman–Crippen MR) is 76.2 cm³/mol. The van der Waals surface area contributed by atoms with Gasteiger partial charge in [-0.05, 0) is 31.2 Å². The lowest BCUT2D eigenvalue weighted by atomic mass is 9.69. The Bertz CT molecular complexity index is 551. The van der Waals surface area contributed by atoms with Crippen LogP contribution < -0.4 is 0 Å². The highest BCUT2D eigenvalue weighted by Crippen LogP contribution is 2.44. The van der Waals surface area contributed by atoms with Crippen molar-refractivity contribution in [2.24, 2.45) is 11.8 Å². The van der Waals surface area contributed by atoms with E-state index in [2.05, 4.69) is 4.98 Å². The number of halogens is 1. The molecular weight excluding hydrogens is 271 g/mol. The SMILES string of the molecule is CC[C@]1(O)CCC[C@H]2CN(C(=O)c3cncc(F)c3)C[C@H]21. The minimum Gasteiger partial charge on any atom is -0.390 e. The van der Waals surface area contributed by atoms with Gasteiger partial charge in [0, 0.05) is 25.2 Å². The zero-order chi connectivity index (χ0) is 15.0. The lowest BCUT2D eigenvalue weighted by Gasteiger charge is -2.40. The second-order valence-electron chi connectivity index (χ2n) is 6.32. The molecule has 0 unspecified atom stereocenters. The van der Waals surface area contributed by atoms with E-state index in [0.29, 0.717) is 19.0 Å². The molecule has 3 rings (SSSR count). The van der Waals surface area contributed by atoms with Crippen LogP contribution in [0.5, 0.6) is 0 Å². The molecule has 1 amide bonds. The smallest absolute Gasteiger partial charge is 0.255 e. The van der Waals surface area contributed by atoms with Crippen molar-refractivity contribution in [3.05, 3.63) is 29.8 Å². The highest BCUT2D eigenvalue weighted by Gasteiger charge is 2.48. The second-order valence-corrected chi connectivity index (χ2v) is 6.32. The number of carbonyl (C=O) groups excluding carboxylic acids is 1. The maximum Gasteiger partial charge on any atom is 0.255 e. The molecule has 3 atom stereocenters. The number of hydrogen-bond donors (Lipinski definition) is 1. The maximum absolute atomic E-state index is 13.2. The first kappa shape index (κ1) is 14.4. The molecule has 1 aliphatic carbocycles. The Labute approximate surface area is 124 Å². The third kappa shape index (κ3) is 2.55. The average molecular weight is 292 g/mol. The van der Waals surface area contributed by atoms with Crippen molar-refractivity contribution in [3.63, 3.8) is 0 Å². The van der Waals surface area contributed by atoms with Gasteiger partial charge in [-0.2, -0.15) is 0 Å². The maximum atomic E-state index is 13.2. The summed E-state index contributed by atoms with van der Waals surface area (Å²) in [5.74, 6) is -0.187. The van der Waals surface area contributed by atoms with Crippen molar-refractivity contribution in [3.8, 4) is 0 Å². The number of amides is 1. The average Bonchev–Trinajstić information content (AvgIpc) is 2.92. The van der Waals surface area contributed by atoms with E-state index in [9.17, 15) is 14.3 Å². The molecule has 5 heteroatoms. The number of likely N-dealkylation sites (tertiary alicyclic amines) is 1. The van der Waals surface area contributed by atoms with Gasteiger partial charge < -0.3 is 10.0 Å². The second kappa shape index (κ2) is 5.37. The summed E-state index contributed by atoms with van der Waals surface area (Å²) in [6.07, 6.45) is 6.09. The molecule has 1 aromatic rings. The largest absolute Gasteiger partial charge is 0.390 e. The standard InChI is InChI=1S/C16H21FN2O2/c1-2-16(21)5-3-4-11-9-19(10-14(11)16)15(20)12-6-13(17)8-18-7-12/h6-8,11,14,21H,2-5,9-10H2,1H3/t11-,14+,16-/m0/s1. The Balaban J connectivity index is 1.78. The number of aromatic nitrogens is 1. The van der Waals surface area contributed by atoms with Crippen LogP contribution in [0.1, 0.15) is 43.0 Å². The fourth-order valence-electron chi connectivity index (χ4n) is 3.94. The molecule has 2 aliphatic rings. The molecule has 2 heterocycles. The Hall–Kier alpha value is -1.49. The highest BCUT2D eigenvalue weighted by atomic mass is 19.1. The molecule has 1 aromatic heterocycles. The van der Waals surface area contributed by atoms with Crippen LogP contribution >= 0.6 is 0 Å². The van der Waals surface area contributed by atoms with Crippen LogP contribution in [-0.2, 0) is 0 Å². The Kier molecular flexibility index (Phi) is 3.69. The van der Waals surface area contributed by atoms with Crippen molar-refractivity contribution in [1.82, 2.24) is 9.88 Å². The first-order valence-corrected chi connectivity index (χ1v) is 7.65. The van der Waals surface area contributed by atoms with Gasteiger partial charge in [-0.1, -0.05) is 13.3 Å². The van der Waals surface area contributed by atoms with Crippen LogP contribution in [0.3, 0.4) is 0 Å². The number of pyridine rings is 1. The van der Waals surface area contributed by atoms with Crippen molar-refractivity contribution in [2.45, 2.75) is 38.2 Å². The van der Waals surface area contributed by atoms with Crippen molar-refractivity contribution in [1.29, 1.82) is 0 Å². The number of aliphatic hydroxyl groups is 1. The minimum atomic E-state index is -0.655. The van der Waals surface area contributed by atoms with Crippen molar-refractivity contribution in [2.75, 3.05) is 13.1 Å². The van der Waals surface area contributed by atoms with Crippen LogP contribution in [-0.4, -0.2) is 39.6 Å². The van der Waals surface area contributed by atoms with E-state index in [4.69, 9.17) is 0 Å². The highest BCUT2D eigenvalue weighted by molar-refractivity contribution is 5.94. The third-order valence-corrected chi connectivity index (χ3v) is 5.17. The summed E-state index contributed by atoms with van der Waals surface area (Å²) >= 11 is 0. The van der Waals surface area contributed by atoms with Gasteiger partial charge in [-0.15, -0.1) is 0 Å². The van der Waals surface area contributed by atoms with Gasteiger partial charge in [-0.25, -0.2) is 4.39 Å². The Morgan fingerprint density at radius 1 is 1.52 bits per heavy atom. The van der Waals surface area contributed by atoms with E-state index in [1.54, 1.807) is 4.90 Å². The number of fused-ring (bicyclic) bond motifs is 1. The molecule has 0 aromatic carbocycles. The van der Waals surface area contributed by atoms with Crippen LogP contribution in [0, 0.1) is 17.7 Å². The fraction of sp³-hybridized carbons (Fsp3) is 0.625. The summed E-state index contributed by atoms with van der Waals surface area (Å²) in [5.41, 5.74) is -0.369. The summed E-state index contributed by atoms with van der Waals surface area (Å²) in [7, 11) is 0. The van der Waals surface area contributed by atoms with E-state index >= 15 is 0 Å². The quantitative estimate of drug-likeness (QED) is 0.909. The van der Waals surface area contributed by atoms with E-state index in [-0.39, 0.29) is 17.4 Å². The van der Waals surface area contributed by atoms with E-state index in [0.717, 1.165) is 31.9 Å². The summed E-state index contributed by atoms with van der Waals surface area (Å²) in [4.78, 5) is 18.0. The van der Waals surface area contributed by atoms with E-state index in [1.807, 2.05) is 6.92 Å². The lowest BCUT2D eigenvalue weighted by molar-refractivity contribution is -0.0609. The number of rotatable bonds is 2. The molecule has 114 valence electrons. The zero-order valence-electron chi connectivity index (χ0n) is 12.3. The molecule has 1 saturated carbocycles. The van der Waals surface area contributed by atoms with Gasteiger partial charge in [0.1, 0.15) is 5.82 Å². The molecule has 1 aliphatic heterocycles. The normalized spacial score (nSPS) is 32.0. The van der Waals surface area contributed by atoms with Gasteiger partial charge >= 0.3 is 0 Å². The van der Waals surface area contributed by atoms with E-state index < -0.39 is 11.4 Å². The lowest BCUT2D eigenvalue weighted by Crippen LogP contribution is -2.44. The summed E-state index contributed by atoms with van der Waals surface area (Å²) in [6.45, 7) is 3.22. The summed E-state index contributed by atoms with van der Waals surface area (Å²) < 4.78 is 13.2. The summed E-state index contributed by atoms with van der Waals surface area (Å²) in [6, 6.07) is 1.23. The Morgan fingerprint density at radius 3 is 3.05 bits per heavy atom. The van der Waals surface area contributed by atoms with Crippen molar-refractivity contribution >= 4 is 5.91 Å². The number of hydrogen-bond acceptors (Lipinski definition) is 3. The minimum absolute atomic E-state index is 0.140. The molecule has 21 heavy (non-hydrogen) atoms. The predicted octanol–water partition coefficient (Wildman–Crippen LogP) is 2.23. The molecule has 1 N–H and O–H groups in total. The number of carbonyl (C=O) groups is 1. The third-order valence-electron chi connectivity index (χ3n) is 5.17. The van der Waals surface area contributed by atoms with Crippen LogP contribution in [0.2, 0.25) is 0 Å². The van der Waals surface area contributed by atoms with Gasteiger partial charge in [-0.3, -0.25) is 9.78 Å². The molecule has 0 bridgehead atoms. The molecule has 2 fully saturated rings. The van der Waals surface area contributed by atoms with Crippen LogP contribution in [0.25, 0.3) is 0 Å². The summed E-state index contributed by atoms with van der Waals surface area (Å²) in [5, 5.41) is 10.8. The van der Waals surface area contributed by atoms with Gasteiger partial charge in [0.2, 0.25) is 0 Å². The topological polar surface area (TPSA) is 53.4 Å². The number of nitrogens with zero attached hydrogens (tertiary/aromatic N) is 2. The van der Waals surface area contributed by atoms with Gasteiger partial charge in [0.05, 0.1) is 17.4 Å². The zero-order valence-corrected chi connectivity index (χ0v) is 12.3. The fourth-order valence-corrected chi connectivity index (χ4v) is 3.94. The first-order valence-electron chi connectivity index (χ1n) is 7.65. The van der Waals surface area contributed by atoms with Crippen molar-refractivity contribution < 1.29 is 14.3 Å². The molecule has 1 saturated heterocycles. The molecule has 0 spiro atoms.